The van der Waals surface area contributed by atoms with Crippen LogP contribution in [0.5, 0.6) is 11.6 Å². The van der Waals surface area contributed by atoms with E-state index >= 15 is 0 Å². The van der Waals surface area contributed by atoms with E-state index in [1.165, 1.54) is 5.56 Å². The fourth-order valence-electron chi connectivity index (χ4n) is 2.68. The number of benzene rings is 1. The van der Waals surface area contributed by atoms with Crippen molar-refractivity contribution in [3.8, 4) is 17.7 Å². The van der Waals surface area contributed by atoms with Gasteiger partial charge in [0.1, 0.15) is 22.7 Å². The van der Waals surface area contributed by atoms with E-state index in [1.807, 2.05) is 29.6 Å². The molecule has 4 aromatic rings. The molecule has 0 saturated heterocycles. The molecule has 0 amide bonds. The average Bonchev–Trinajstić information content (AvgIpc) is 3.11. The maximum Gasteiger partial charge on any atom is 0.220 e. The van der Waals surface area contributed by atoms with Crippen LogP contribution >= 0.6 is 27.3 Å². The number of thiophene rings is 1. The summed E-state index contributed by atoms with van der Waals surface area (Å²) in [5.41, 5.74) is 1.69. The van der Waals surface area contributed by atoms with Crippen molar-refractivity contribution < 1.29 is 4.74 Å². The van der Waals surface area contributed by atoms with Crippen molar-refractivity contribution in [3.63, 3.8) is 0 Å². The normalized spacial score (nSPS) is 10.6. The lowest BCUT2D eigenvalue weighted by Gasteiger charge is -2.08. The molecule has 4 rings (SSSR count). The molecule has 138 valence electrons. The van der Waals surface area contributed by atoms with Crippen LogP contribution in [-0.2, 0) is 6.42 Å². The number of nitrogens with zero attached hydrogens (tertiary/aromatic N) is 4. The van der Waals surface area contributed by atoms with Crippen LogP contribution in [0.3, 0.4) is 0 Å². The van der Waals surface area contributed by atoms with Gasteiger partial charge in [0.15, 0.2) is 0 Å². The molecule has 0 spiro atoms. The lowest BCUT2D eigenvalue weighted by Crippen LogP contribution is -2.06. The minimum atomic E-state index is 0.405. The third-order valence-corrected chi connectivity index (χ3v) is 5.86. The van der Waals surface area contributed by atoms with Gasteiger partial charge in [-0.2, -0.15) is 5.26 Å². The van der Waals surface area contributed by atoms with Gasteiger partial charge in [-0.05, 0) is 46.1 Å². The molecule has 0 radical (unpaired) electrons. The van der Waals surface area contributed by atoms with Crippen molar-refractivity contribution in [2.45, 2.75) is 6.42 Å². The molecule has 0 saturated carbocycles. The number of hydrogen-bond acceptors (Lipinski definition) is 7. The highest BCUT2D eigenvalue weighted by molar-refractivity contribution is 9.10. The Hall–Kier alpha value is -3.02. The molecule has 8 heteroatoms. The van der Waals surface area contributed by atoms with E-state index in [2.05, 4.69) is 42.3 Å². The summed E-state index contributed by atoms with van der Waals surface area (Å²) in [6, 6.07) is 13.2. The van der Waals surface area contributed by atoms with E-state index in [0.29, 0.717) is 17.2 Å². The molecule has 3 heterocycles. The Morgan fingerprint density at radius 3 is 2.82 bits per heavy atom. The van der Waals surface area contributed by atoms with Crippen LogP contribution in [0, 0.1) is 11.3 Å². The monoisotopic (exact) mass is 451 g/mol. The maximum absolute atomic E-state index is 8.94. The number of fused-ring (bicyclic) bond motifs is 1. The molecule has 0 aliphatic heterocycles. The van der Waals surface area contributed by atoms with Gasteiger partial charge in [-0.15, -0.1) is 11.3 Å². The van der Waals surface area contributed by atoms with E-state index in [-0.39, 0.29) is 0 Å². The van der Waals surface area contributed by atoms with Crippen molar-refractivity contribution >= 4 is 43.3 Å². The summed E-state index contributed by atoms with van der Waals surface area (Å²) < 4.78 is 6.71. The number of halogens is 1. The topological polar surface area (TPSA) is 83.7 Å². The van der Waals surface area contributed by atoms with E-state index in [0.717, 1.165) is 33.5 Å². The maximum atomic E-state index is 8.94. The molecule has 1 N–H and O–H groups in total. The fourth-order valence-corrected chi connectivity index (χ4v) is 4.23. The summed E-state index contributed by atoms with van der Waals surface area (Å²) in [6.45, 7) is 0.750. The van der Waals surface area contributed by atoms with Gasteiger partial charge in [0.2, 0.25) is 5.88 Å². The van der Waals surface area contributed by atoms with Crippen LogP contribution in [-0.4, -0.2) is 21.5 Å². The third kappa shape index (κ3) is 4.11. The number of anilines is 1. The second-order valence-corrected chi connectivity index (χ2v) is 7.62. The number of aromatic nitrogens is 3. The Balaban J connectivity index is 1.37. The molecule has 0 unspecified atom stereocenters. The molecule has 0 aliphatic carbocycles. The van der Waals surface area contributed by atoms with Crippen molar-refractivity contribution in [3.05, 3.63) is 69.9 Å². The number of rotatable bonds is 6. The number of nitrogens with one attached hydrogen (secondary N) is 1. The molecule has 1 aromatic carbocycles. The minimum Gasteiger partial charge on any atom is -0.439 e. The largest absolute Gasteiger partial charge is 0.439 e. The Morgan fingerprint density at radius 1 is 1.14 bits per heavy atom. The minimum absolute atomic E-state index is 0.405. The highest BCUT2D eigenvalue weighted by Gasteiger charge is 2.09. The van der Waals surface area contributed by atoms with Crippen molar-refractivity contribution in [2.24, 2.45) is 0 Å². The van der Waals surface area contributed by atoms with Gasteiger partial charge >= 0.3 is 0 Å². The number of nitriles is 1. The van der Waals surface area contributed by atoms with Crippen LogP contribution in [0.15, 0.2) is 58.8 Å². The average molecular weight is 452 g/mol. The van der Waals surface area contributed by atoms with Crippen LogP contribution in [0.4, 0.5) is 5.82 Å². The van der Waals surface area contributed by atoms with Crippen molar-refractivity contribution in [1.82, 2.24) is 15.0 Å². The quantitative estimate of drug-likeness (QED) is 0.435. The summed E-state index contributed by atoms with van der Waals surface area (Å²) in [7, 11) is 0. The van der Waals surface area contributed by atoms with E-state index in [4.69, 9.17) is 10.00 Å². The third-order valence-electron chi connectivity index (χ3n) is 4.04. The van der Waals surface area contributed by atoms with Gasteiger partial charge in [0.25, 0.3) is 0 Å². The van der Waals surface area contributed by atoms with Crippen LogP contribution in [0.1, 0.15) is 11.1 Å². The van der Waals surface area contributed by atoms with Crippen molar-refractivity contribution in [1.29, 1.82) is 5.26 Å². The first-order valence-electron chi connectivity index (χ1n) is 8.47. The van der Waals surface area contributed by atoms with Gasteiger partial charge in [0.05, 0.1) is 17.0 Å². The van der Waals surface area contributed by atoms with Gasteiger partial charge in [-0.3, -0.25) is 0 Å². The summed E-state index contributed by atoms with van der Waals surface area (Å²) >= 11 is 5.14. The molecule has 0 fully saturated rings. The summed E-state index contributed by atoms with van der Waals surface area (Å²) in [5.74, 6) is 1.92. The molecule has 3 aromatic heterocycles. The Morgan fingerprint density at radius 2 is 2.00 bits per heavy atom. The lowest BCUT2D eigenvalue weighted by atomic mass is 10.1. The Kier molecular flexibility index (Phi) is 5.46. The zero-order valence-corrected chi connectivity index (χ0v) is 17.0. The second-order valence-electron chi connectivity index (χ2n) is 5.90. The standard InChI is InChI=1S/C20H14BrN5OS/c21-16-11-28-20-18(16)19(25-12-26-20)24-8-5-13-1-3-15(4-2-13)27-17-9-14(10-22)6-7-23-17/h1-4,6-7,9,11-12H,5,8H2,(H,24,25,26). The Bertz CT molecular complexity index is 1150. The fraction of sp³-hybridized carbons (Fsp3) is 0.100. The summed E-state index contributed by atoms with van der Waals surface area (Å²) in [5, 5.41) is 15.4. The van der Waals surface area contributed by atoms with Crippen LogP contribution in [0.25, 0.3) is 10.2 Å². The molecule has 28 heavy (non-hydrogen) atoms. The SMILES string of the molecule is N#Cc1ccnc(Oc2ccc(CCNc3ncnc4scc(Br)c34)cc2)c1. The van der Waals surface area contributed by atoms with Gasteiger partial charge in [-0.25, -0.2) is 15.0 Å². The van der Waals surface area contributed by atoms with E-state index < -0.39 is 0 Å². The van der Waals surface area contributed by atoms with Crippen molar-refractivity contribution in [2.75, 3.05) is 11.9 Å². The second kappa shape index (κ2) is 8.33. The number of ether oxygens (including phenoxy) is 1. The first kappa shape index (κ1) is 18.3. The predicted molar refractivity (Wildman–Crippen MR) is 113 cm³/mol. The summed E-state index contributed by atoms with van der Waals surface area (Å²) in [4.78, 5) is 13.7. The van der Waals surface area contributed by atoms with Gasteiger partial charge < -0.3 is 10.1 Å². The molecule has 6 nitrogen and oxygen atoms in total. The highest BCUT2D eigenvalue weighted by Crippen LogP contribution is 2.32. The van der Waals surface area contributed by atoms with Crippen LogP contribution in [0.2, 0.25) is 0 Å². The first-order chi connectivity index (χ1) is 13.7. The van der Waals surface area contributed by atoms with E-state index in [9.17, 15) is 0 Å². The molecule has 0 aliphatic rings. The van der Waals surface area contributed by atoms with Gasteiger partial charge in [-0.1, -0.05) is 12.1 Å². The predicted octanol–water partition coefficient (Wildman–Crippen LogP) is 5.17. The zero-order chi connectivity index (χ0) is 19.3. The van der Waals surface area contributed by atoms with Crippen LogP contribution < -0.4 is 10.1 Å². The zero-order valence-electron chi connectivity index (χ0n) is 14.6. The first-order valence-corrected chi connectivity index (χ1v) is 10.1. The smallest absolute Gasteiger partial charge is 0.220 e. The molecule has 0 atom stereocenters. The van der Waals surface area contributed by atoms with E-state index in [1.54, 1.807) is 36.0 Å². The molecular weight excluding hydrogens is 438 g/mol. The number of hydrogen-bond donors (Lipinski definition) is 1. The summed E-state index contributed by atoms with van der Waals surface area (Å²) in [6.07, 6.45) is 3.98. The molecule has 0 bridgehead atoms. The Labute approximate surface area is 174 Å². The highest BCUT2D eigenvalue weighted by atomic mass is 79.9. The molecular formula is C20H14BrN5OS. The number of pyridine rings is 1. The van der Waals surface area contributed by atoms with Gasteiger partial charge in [0, 0.05) is 28.7 Å². The lowest BCUT2D eigenvalue weighted by molar-refractivity contribution is 0.462.